The van der Waals surface area contributed by atoms with Crippen molar-refractivity contribution in [3.63, 3.8) is 0 Å². The summed E-state index contributed by atoms with van der Waals surface area (Å²) in [7, 11) is 4.03. The van der Waals surface area contributed by atoms with Gasteiger partial charge in [0.25, 0.3) is 0 Å². The van der Waals surface area contributed by atoms with Crippen LogP contribution in [0.5, 0.6) is 0 Å². The first-order chi connectivity index (χ1) is 14.9. The Hall–Kier alpha value is -1.99. The van der Waals surface area contributed by atoms with Gasteiger partial charge in [0.15, 0.2) is 0 Å². The fraction of sp³-hybridized carbons (Fsp3) is 0.667. The summed E-state index contributed by atoms with van der Waals surface area (Å²) in [6.45, 7) is 6.01. The third kappa shape index (κ3) is 7.28. The zero-order valence-electron chi connectivity index (χ0n) is 19.1. The molecule has 2 fully saturated rings. The number of likely N-dealkylation sites (tertiary alicyclic amines) is 2. The summed E-state index contributed by atoms with van der Waals surface area (Å²) < 4.78 is 14.1. The number of rotatable bonds is 10. The van der Waals surface area contributed by atoms with Crippen molar-refractivity contribution >= 4 is 11.8 Å². The maximum absolute atomic E-state index is 14.1. The Morgan fingerprint density at radius 2 is 1.97 bits per heavy atom. The second-order valence-corrected chi connectivity index (χ2v) is 9.21. The third-order valence-electron chi connectivity index (χ3n) is 6.37. The van der Waals surface area contributed by atoms with Gasteiger partial charge in [-0.25, -0.2) is 4.39 Å². The molecule has 0 spiro atoms. The lowest BCUT2D eigenvalue weighted by Crippen LogP contribution is -2.45. The molecule has 0 N–H and O–H groups in total. The van der Waals surface area contributed by atoms with Crippen LogP contribution >= 0.6 is 0 Å². The topological polar surface area (TPSA) is 47.1 Å². The molecule has 31 heavy (non-hydrogen) atoms. The molecule has 0 aromatic heterocycles. The summed E-state index contributed by atoms with van der Waals surface area (Å²) in [5, 5.41) is 0. The molecule has 0 bridgehead atoms. The molecule has 1 atom stereocenters. The predicted octanol–water partition coefficient (Wildman–Crippen LogP) is 2.44. The molecule has 0 aliphatic carbocycles. The molecule has 1 aromatic rings. The standard InChI is InChI=1S/C24H37FN4O2/c1-26(2)15-16-29(24(31)11-14-28-13-6-10-23(28)30)18-20-7-5-12-27(17-20)19-21-8-3-4-9-22(21)25/h3-4,8-9,20H,5-7,10-19H2,1-2H3. The van der Waals surface area contributed by atoms with Gasteiger partial charge in [0.1, 0.15) is 5.82 Å². The van der Waals surface area contributed by atoms with Gasteiger partial charge in [-0.05, 0) is 51.9 Å². The number of likely N-dealkylation sites (N-methyl/N-ethyl adjacent to an activating group) is 1. The highest BCUT2D eigenvalue weighted by Gasteiger charge is 2.26. The van der Waals surface area contributed by atoms with E-state index in [1.165, 1.54) is 6.07 Å². The highest BCUT2D eigenvalue weighted by Crippen LogP contribution is 2.21. The maximum Gasteiger partial charge on any atom is 0.224 e. The van der Waals surface area contributed by atoms with Gasteiger partial charge in [-0.3, -0.25) is 14.5 Å². The van der Waals surface area contributed by atoms with E-state index in [9.17, 15) is 14.0 Å². The zero-order chi connectivity index (χ0) is 22.2. The largest absolute Gasteiger partial charge is 0.342 e. The monoisotopic (exact) mass is 432 g/mol. The van der Waals surface area contributed by atoms with E-state index in [0.717, 1.165) is 57.5 Å². The van der Waals surface area contributed by atoms with E-state index in [-0.39, 0.29) is 17.6 Å². The second kappa shape index (κ2) is 11.6. The SMILES string of the molecule is CN(C)CCN(CC1CCCN(Cc2ccccc2F)C1)C(=O)CCN1CCCC1=O. The molecule has 172 valence electrons. The number of amides is 2. The van der Waals surface area contributed by atoms with Gasteiger partial charge in [0, 0.05) is 64.2 Å². The molecule has 6 nitrogen and oxygen atoms in total. The van der Waals surface area contributed by atoms with Crippen molar-refractivity contribution in [1.29, 1.82) is 0 Å². The summed E-state index contributed by atoms with van der Waals surface area (Å²) in [6, 6.07) is 6.98. The minimum atomic E-state index is -0.149. The quantitative estimate of drug-likeness (QED) is 0.570. The van der Waals surface area contributed by atoms with Crippen LogP contribution in [0.4, 0.5) is 4.39 Å². The van der Waals surface area contributed by atoms with E-state index < -0.39 is 0 Å². The number of benzene rings is 1. The van der Waals surface area contributed by atoms with Gasteiger partial charge in [0.2, 0.25) is 11.8 Å². The number of carbonyl (C=O) groups is 2. The fourth-order valence-electron chi connectivity index (χ4n) is 4.59. The van der Waals surface area contributed by atoms with Crippen LogP contribution in [0.2, 0.25) is 0 Å². The van der Waals surface area contributed by atoms with Crippen molar-refractivity contribution in [1.82, 2.24) is 19.6 Å². The molecule has 2 aliphatic heterocycles. The van der Waals surface area contributed by atoms with Crippen molar-refractivity contribution in [2.75, 3.05) is 59.9 Å². The predicted molar refractivity (Wildman–Crippen MR) is 120 cm³/mol. The molecular formula is C24H37FN4O2. The normalized spacial score (nSPS) is 19.9. The number of nitrogens with zero attached hydrogens (tertiary/aromatic N) is 4. The number of carbonyl (C=O) groups excluding carboxylic acids is 2. The molecular weight excluding hydrogens is 395 g/mol. The molecule has 0 saturated carbocycles. The van der Waals surface area contributed by atoms with Crippen molar-refractivity contribution < 1.29 is 14.0 Å². The summed E-state index contributed by atoms with van der Waals surface area (Å²) in [5.74, 6) is 0.542. The van der Waals surface area contributed by atoms with Crippen LogP contribution in [0.15, 0.2) is 24.3 Å². The molecule has 0 radical (unpaired) electrons. The maximum atomic E-state index is 14.1. The average Bonchev–Trinajstić information content (AvgIpc) is 3.16. The van der Waals surface area contributed by atoms with Crippen molar-refractivity contribution in [3.8, 4) is 0 Å². The lowest BCUT2D eigenvalue weighted by molar-refractivity contribution is -0.133. The van der Waals surface area contributed by atoms with Crippen LogP contribution < -0.4 is 0 Å². The first kappa shape index (κ1) is 23.7. The van der Waals surface area contributed by atoms with Crippen LogP contribution in [-0.2, 0) is 16.1 Å². The molecule has 2 aliphatic rings. The third-order valence-corrected chi connectivity index (χ3v) is 6.37. The Balaban J connectivity index is 1.55. The second-order valence-electron chi connectivity index (χ2n) is 9.21. The van der Waals surface area contributed by atoms with Crippen molar-refractivity contribution in [3.05, 3.63) is 35.6 Å². The smallest absolute Gasteiger partial charge is 0.224 e. The highest BCUT2D eigenvalue weighted by atomic mass is 19.1. The van der Waals surface area contributed by atoms with Gasteiger partial charge >= 0.3 is 0 Å². The molecule has 3 rings (SSSR count). The summed E-state index contributed by atoms with van der Waals surface area (Å²) in [4.78, 5) is 33.1. The van der Waals surface area contributed by atoms with E-state index in [4.69, 9.17) is 0 Å². The minimum Gasteiger partial charge on any atom is -0.342 e. The van der Waals surface area contributed by atoms with Crippen LogP contribution in [0.25, 0.3) is 0 Å². The summed E-state index contributed by atoms with van der Waals surface area (Å²) in [5.41, 5.74) is 0.735. The van der Waals surface area contributed by atoms with Crippen LogP contribution in [0.1, 0.15) is 37.7 Å². The Bertz CT molecular complexity index is 742. The van der Waals surface area contributed by atoms with E-state index in [1.807, 2.05) is 36.0 Å². The molecule has 7 heteroatoms. The van der Waals surface area contributed by atoms with Gasteiger partial charge in [-0.15, -0.1) is 0 Å². The van der Waals surface area contributed by atoms with E-state index in [2.05, 4.69) is 9.80 Å². The Morgan fingerprint density at radius 3 is 2.68 bits per heavy atom. The van der Waals surface area contributed by atoms with E-state index in [1.54, 1.807) is 6.07 Å². The van der Waals surface area contributed by atoms with Gasteiger partial charge in [-0.1, -0.05) is 18.2 Å². The molecule has 2 saturated heterocycles. The van der Waals surface area contributed by atoms with Crippen LogP contribution in [0.3, 0.4) is 0 Å². The fourth-order valence-corrected chi connectivity index (χ4v) is 4.59. The van der Waals surface area contributed by atoms with Gasteiger partial charge in [0.05, 0.1) is 0 Å². The highest BCUT2D eigenvalue weighted by molar-refractivity contribution is 5.80. The van der Waals surface area contributed by atoms with Gasteiger partial charge in [-0.2, -0.15) is 0 Å². The Kier molecular flexibility index (Phi) is 8.84. The van der Waals surface area contributed by atoms with E-state index >= 15 is 0 Å². The molecule has 1 aromatic carbocycles. The average molecular weight is 433 g/mol. The molecule has 2 amide bonds. The van der Waals surface area contributed by atoms with Gasteiger partial charge < -0.3 is 14.7 Å². The first-order valence-corrected chi connectivity index (χ1v) is 11.6. The minimum absolute atomic E-state index is 0.132. The number of hydrogen-bond donors (Lipinski definition) is 0. The van der Waals surface area contributed by atoms with Crippen molar-refractivity contribution in [2.24, 2.45) is 5.92 Å². The zero-order valence-corrected chi connectivity index (χ0v) is 19.1. The molecule has 2 heterocycles. The molecule has 1 unspecified atom stereocenters. The summed E-state index contributed by atoms with van der Waals surface area (Å²) >= 11 is 0. The lowest BCUT2D eigenvalue weighted by atomic mass is 9.96. The number of piperidine rings is 1. The number of hydrogen-bond acceptors (Lipinski definition) is 4. The first-order valence-electron chi connectivity index (χ1n) is 11.6. The summed E-state index contributed by atoms with van der Waals surface area (Å²) in [6.07, 6.45) is 4.06. The Labute approximate surface area is 186 Å². The number of halogens is 1. The lowest BCUT2D eigenvalue weighted by Gasteiger charge is -2.36. The van der Waals surface area contributed by atoms with Crippen molar-refractivity contribution in [2.45, 2.75) is 38.6 Å². The Morgan fingerprint density at radius 1 is 1.16 bits per heavy atom. The van der Waals surface area contributed by atoms with Crippen LogP contribution in [0, 0.1) is 11.7 Å². The van der Waals surface area contributed by atoms with Crippen LogP contribution in [-0.4, -0.2) is 91.3 Å². The van der Waals surface area contributed by atoms with E-state index in [0.29, 0.717) is 38.4 Å².